The molecule has 264 valence electrons. The molecule has 0 fully saturated rings. The topological polar surface area (TPSA) is 208 Å². The van der Waals surface area contributed by atoms with Gasteiger partial charge in [-0.05, 0) is 48.8 Å². The van der Waals surface area contributed by atoms with Crippen molar-refractivity contribution in [2.24, 2.45) is 17.6 Å². The van der Waals surface area contributed by atoms with Gasteiger partial charge in [-0.25, -0.2) is 4.98 Å². The van der Waals surface area contributed by atoms with Gasteiger partial charge in [0.1, 0.15) is 12.1 Å². The van der Waals surface area contributed by atoms with E-state index in [0.29, 0.717) is 17.7 Å². The zero-order valence-corrected chi connectivity index (χ0v) is 28.5. The number of carbonyl (C=O) groups is 5. The van der Waals surface area contributed by atoms with E-state index in [2.05, 4.69) is 31.2 Å². The Morgan fingerprint density at radius 1 is 0.776 bits per heavy atom. The lowest BCUT2D eigenvalue weighted by Gasteiger charge is -2.29. The largest absolute Gasteiger partial charge is 0.390 e. The highest BCUT2D eigenvalue weighted by Crippen LogP contribution is 2.14. The molecule has 1 aromatic heterocycles. The molecule has 0 aliphatic carbocycles. The SMILES string of the molecule is CC(C)C[C@H](NC(=O)C[C@H](O)[C@H](CC(C)C)NC(=O)[C@H](Cc1cnc[nH]1)NC(=O)[C@@H](N)Cc1ccccc1)C(=O)NC(=O)c1ccccc1. The number of aromatic amines is 1. The number of nitrogens with one attached hydrogen (secondary N) is 5. The number of rotatable bonds is 18. The van der Waals surface area contributed by atoms with Crippen LogP contribution in [0, 0.1) is 11.8 Å². The molecule has 0 aliphatic rings. The minimum absolute atomic E-state index is 0.00334. The zero-order valence-electron chi connectivity index (χ0n) is 28.5. The molecule has 0 unspecified atom stereocenters. The lowest BCUT2D eigenvalue weighted by Crippen LogP contribution is -2.56. The summed E-state index contributed by atoms with van der Waals surface area (Å²) in [4.78, 5) is 72.5. The molecule has 5 atom stereocenters. The summed E-state index contributed by atoms with van der Waals surface area (Å²) in [6, 6.07) is 13.6. The van der Waals surface area contributed by atoms with E-state index in [1.54, 1.807) is 30.3 Å². The van der Waals surface area contributed by atoms with E-state index in [0.717, 1.165) is 5.56 Å². The van der Waals surface area contributed by atoms with Gasteiger partial charge in [0.2, 0.25) is 23.6 Å². The third-order valence-electron chi connectivity index (χ3n) is 7.79. The van der Waals surface area contributed by atoms with Crippen LogP contribution in [0.2, 0.25) is 0 Å². The predicted octanol–water partition coefficient (Wildman–Crippen LogP) is 1.78. The number of imidazole rings is 1. The van der Waals surface area contributed by atoms with E-state index in [4.69, 9.17) is 5.73 Å². The van der Waals surface area contributed by atoms with Crippen molar-refractivity contribution >= 4 is 29.5 Å². The Balaban J connectivity index is 1.68. The van der Waals surface area contributed by atoms with Crippen LogP contribution < -0.4 is 27.0 Å². The number of hydrogen-bond acceptors (Lipinski definition) is 8. The first-order chi connectivity index (χ1) is 23.3. The van der Waals surface area contributed by atoms with Crippen LogP contribution in [0.15, 0.2) is 73.2 Å². The molecule has 0 saturated heterocycles. The summed E-state index contributed by atoms with van der Waals surface area (Å²) in [5.74, 6) is -2.96. The van der Waals surface area contributed by atoms with E-state index in [9.17, 15) is 29.1 Å². The Bertz CT molecular complexity index is 1500. The van der Waals surface area contributed by atoms with Crippen molar-refractivity contribution in [1.82, 2.24) is 31.2 Å². The van der Waals surface area contributed by atoms with Crippen LogP contribution in [0.5, 0.6) is 0 Å². The highest BCUT2D eigenvalue weighted by Gasteiger charge is 2.31. The van der Waals surface area contributed by atoms with Crippen LogP contribution in [0.3, 0.4) is 0 Å². The second-order valence-corrected chi connectivity index (χ2v) is 13.1. The summed E-state index contributed by atoms with van der Waals surface area (Å²) in [5.41, 5.74) is 7.96. The molecular formula is C36H49N7O6. The summed E-state index contributed by atoms with van der Waals surface area (Å²) < 4.78 is 0. The van der Waals surface area contributed by atoms with E-state index in [1.807, 2.05) is 58.0 Å². The van der Waals surface area contributed by atoms with Crippen molar-refractivity contribution in [3.05, 3.63) is 90.0 Å². The highest BCUT2D eigenvalue weighted by atomic mass is 16.3. The number of imide groups is 1. The molecule has 1 heterocycles. The number of nitrogens with zero attached hydrogens (tertiary/aromatic N) is 1. The molecule has 0 aliphatic heterocycles. The molecule has 8 N–H and O–H groups in total. The smallest absolute Gasteiger partial charge is 0.257 e. The summed E-state index contributed by atoms with van der Waals surface area (Å²) in [5, 5.41) is 21.8. The predicted molar refractivity (Wildman–Crippen MR) is 185 cm³/mol. The first-order valence-corrected chi connectivity index (χ1v) is 16.6. The number of carbonyl (C=O) groups excluding carboxylic acids is 5. The molecule has 3 aromatic rings. The van der Waals surface area contributed by atoms with Gasteiger partial charge in [-0.1, -0.05) is 76.2 Å². The van der Waals surface area contributed by atoms with Crippen LogP contribution in [0.4, 0.5) is 0 Å². The number of H-pyrrole nitrogens is 1. The zero-order chi connectivity index (χ0) is 35.9. The molecule has 0 saturated carbocycles. The number of nitrogens with two attached hydrogens (primary N) is 1. The molecule has 13 nitrogen and oxygen atoms in total. The Labute approximate surface area is 287 Å². The van der Waals surface area contributed by atoms with Crippen molar-refractivity contribution in [3.8, 4) is 0 Å². The minimum atomic E-state index is -1.33. The van der Waals surface area contributed by atoms with Crippen molar-refractivity contribution in [3.63, 3.8) is 0 Å². The third kappa shape index (κ3) is 13.3. The third-order valence-corrected chi connectivity index (χ3v) is 7.79. The van der Waals surface area contributed by atoms with Crippen LogP contribution in [-0.4, -0.2) is 74.9 Å². The second-order valence-electron chi connectivity index (χ2n) is 13.1. The van der Waals surface area contributed by atoms with E-state index < -0.39 is 66.2 Å². The van der Waals surface area contributed by atoms with Crippen molar-refractivity contribution < 1.29 is 29.1 Å². The average Bonchev–Trinajstić information content (AvgIpc) is 3.57. The Morgan fingerprint density at radius 3 is 2.00 bits per heavy atom. The Hall–Kier alpha value is -4.88. The molecule has 5 amide bonds. The van der Waals surface area contributed by atoms with Crippen LogP contribution in [-0.2, 0) is 32.0 Å². The van der Waals surface area contributed by atoms with E-state index in [1.165, 1.54) is 12.5 Å². The van der Waals surface area contributed by atoms with Gasteiger partial charge in [0.25, 0.3) is 5.91 Å². The molecule has 3 rings (SSSR count). The Morgan fingerprint density at radius 2 is 1.41 bits per heavy atom. The molecule has 2 aromatic carbocycles. The highest BCUT2D eigenvalue weighted by molar-refractivity contribution is 6.06. The molecular weight excluding hydrogens is 626 g/mol. The van der Waals surface area contributed by atoms with Gasteiger partial charge in [-0.15, -0.1) is 0 Å². The van der Waals surface area contributed by atoms with Gasteiger partial charge in [-0.3, -0.25) is 29.3 Å². The first kappa shape index (κ1) is 38.6. The summed E-state index contributed by atoms with van der Waals surface area (Å²) >= 11 is 0. The summed E-state index contributed by atoms with van der Waals surface area (Å²) in [7, 11) is 0. The quantitative estimate of drug-likeness (QED) is 0.105. The van der Waals surface area contributed by atoms with Gasteiger partial charge in [0.15, 0.2) is 0 Å². The monoisotopic (exact) mass is 675 g/mol. The molecule has 13 heteroatoms. The fourth-order valence-corrected chi connectivity index (χ4v) is 5.32. The van der Waals surface area contributed by atoms with Crippen molar-refractivity contribution in [2.45, 2.75) is 90.1 Å². The number of amides is 5. The maximum atomic E-state index is 13.7. The van der Waals surface area contributed by atoms with Gasteiger partial charge in [0.05, 0.1) is 30.9 Å². The molecule has 0 bridgehead atoms. The van der Waals surface area contributed by atoms with E-state index in [-0.39, 0.29) is 31.1 Å². The number of aromatic nitrogens is 2. The van der Waals surface area contributed by atoms with Gasteiger partial charge in [0, 0.05) is 23.9 Å². The minimum Gasteiger partial charge on any atom is -0.390 e. The average molecular weight is 676 g/mol. The van der Waals surface area contributed by atoms with Crippen molar-refractivity contribution in [2.75, 3.05) is 0 Å². The summed E-state index contributed by atoms with van der Waals surface area (Å²) in [6.45, 7) is 7.57. The fraction of sp³-hybridized carbons (Fsp3) is 0.444. The molecule has 49 heavy (non-hydrogen) atoms. The van der Waals surface area contributed by atoms with Crippen LogP contribution in [0.25, 0.3) is 0 Å². The lowest BCUT2D eigenvalue weighted by molar-refractivity contribution is -0.132. The Kier molecular flexibility index (Phi) is 15.1. The first-order valence-electron chi connectivity index (χ1n) is 16.6. The number of hydrogen-bond donors (Lipinski definition) is 7. The molecule has 0 radical (unpaired) electrons. The van der Waals surface area contributed by atoms with Gasteiger partial charge < -0.3 is 31.8 Å². The maximum Gasteiger partial charge on any atom is 0.257 e. The lowest BCUT2D eigenvalue weighted by atomic mass is 9.96. The number of aliphatic hydroxyl groups is 1. The van der Waals surface area contributed by atoms with Crippen LogP contribution >= 0.6 is 0 Å². The number of benzene rings is 2. The standard InChI is InChI=1S/C36H49N7O6/c1-22(2)15-28(31(44)19-32(45)40-29(16-23(3)4)36(49)43-33(46)25-13-9-6-10-14-25)41-35(48)30(18-26-20-38-21-39-26)42-34(47)27(37)17-24-11-7-5-8-12-24/h5-14,20-23,27-31,44H,15-19,37H2,1-4H3,(H,38,39)(H,40,45)(H,41,48)(H,42,47)(H,43,46,49)/t27-,28-,29-,30-,31-/m0/s1. The maximum absolute atomic E-state index is 13.7. The number of aliphatic hydroxyl groups excluding tert-OH is 1. The van der Waals surface area contributed by atoms with E-state index >= 15 is 0 Å². The van der Waals surface area contributed by atoms with Crippen LogP contribution in [0.1, 0.15) is 68.6 Å². The second kappa shape index (κ2) is 19.2. The fourth-order valence-electron chi connectivity index (χ4n) is 5.32. The van der Waals surface area contributed by atoms with Gasteiger partial charge >= 0.3 is 0 Å². The normalized spacial score (nSPS) is 14.3. The summed E-state index contributed by atoms with van der Waals surface area (Å²) in [6.07, 6.45) is 2.16. The van der Waals surface area contributed by atoms with Crippen molar-refractivity contribution in [1.29, 1.82) is 0 Å². The van der Waals surface area contributed by atoms with Gasteiger partial charge in [-0.2, -0.15) is 0 Å². The molecule has 0 spiro atoms.